The molecule has 0 atom stereocenters. The second kappa shape index (κ2) is 6.90. The van der Waals surface area contributed by atoms with Gasteiger partial charge in [0.15, 0.2) is 0 Å². The number of aromatic nitrogens is 2. The molecule has 8 heteroatoms. The van der Waals surface area contributed by atoms with Crippen LogP contribution in [0.5, 0.6) is 0 Å². The van der Waals surface area contributed by atoms with Crippen molar-refractivity contribution < 1.29 is 9.53 Å². The van der Waals surface area contributed by atoms with E-state index in [0.717, 1.165) is 29.1 Å². The molecule has 2 aromatic rings. The Morgan fingerprint density at radius 2 is 1.96 bits per heavy atom. The van der Waals surface area contributed by atoms with Crippen molar-refractivity contribution in [2.45, 2.75) is 27.3 Å². The van der Waals surface area contributed by atoms with E-state index in [-0.39, 0.29) is 6.09 Å². The average Bonchev–Trinajstić information content (AvgIpc) is 2.83. The van der Waals surface area contributed by atoms with Crippen LogP contribution in [0, 0.1) is 13.8 Å². The number of thiophene rings is 1. The number of nitrogen functional groups attached to an aromatic ring is 1. The summed E-state index contributed by atoms with van der Waals surface area (Å²) in [4.78, 5) is 27.1. The smallest absolute Gasteiger partial charge is 0.409 e. The van der Waals surface area contributed by atoms with Crippen LogP contribution in [0.15, 0.2) is 0 Å². The number of ether oxygens (including phenoxy) is 1. The summed E-state index contributed by atoms with van der Waals surface area (Å²) >= 11 is 1.66. The maximum atomic E-state index is 11.7. The van der Waals surface area contributed by atoms with E-state index in [1.807, 2.05) is 6.92 Å². The lowest BCUT2D eigenvalue weighted by atomic mass is 10.2. The van der Waals surface area contributed by atoms with E-state index < -0.39 is 0 Å². The number of anilines is 1. The molecule has 0 unspecified atom stereocenters. The van der Waals surface area contributed by atoms with Crippen LogP contribution >= 0.6 is 11.3 Å². The molecule has 3 rings (SSSR count). The molecule has 0 spiro atoms. The van der Waals surface area contributed by atoms with Crippen LogP contribution in [-0.2, 0) is 11.3 Å². The zero-order valence-electron chi connectivity index (χ0n) is 14.3. The topological polar surface area (TPSA) is 84.6 Å². The Hall–Kier alpha value is -1.93. The number of hydrogen-bond acceptors (Lipinski definition) is 7. The fourth-order valence-corrected chi connectivity index (χ4v) is 3.96. The van der Waals surface area contributed by atoms with Crippen molar-refractivity contribution in [3.63, 3.8) is 0 Å². The first-order valence-corrected chi connectivity index (χ1v) is 8.97. The summed E-state index contributed by atoms with van der Waals surface area (Å²) in [5, 5.41) is 0.980. The van der Waals surface area contributed by atoms with Crippen LogP contribution < -0.4 is 5.73 Å². The monoisotopic (exact) mass is 349 g/mol. The van der Waals surface area contributed by atoms with Gasteiger partial charge in [-0.05, 0) is 26.3 Å². The Morgan fingerprint density at radius 1 is 1.25 bits per heavy atom. The van der Waals surface area contributed by atoms with Gasteiger partial charge in [-0.2, -0.15) is 0 Å². The van der Waals surface area contributed by atoms with E-state index in [4.69, 9.17) is 10.5 Å². The van der Waals surface area contributed by atoms with Gasteiger partial charge in [0.1, 0.15) is 16.5 Å². The molecule has 1 amide bonds. The maximum Gasteiger partial charge on any atom is 0.409 e. The van der Waals surface area contributed by atoms with Gasteiger partial charge in [0, 0.05) is 31.1 Å². The van der Waals surface area contributed by atoms with Crippen molar-refractivity contribution in [2.75, 3.05) is 38.5 Å². The molecule has 24 heavy (non-hydrogen) atoms. The van der Waals surface area contributed by atoms with Gasteiger partial charge in [0.25, 0.3) is 0 Å². The van der Waals surface area contributed by atoms with Gasteiger partial charge in [0.2, 0.25) is 0 Å². The second-order valence-corrected chi connectivity index (χ2v) is 7.15. The van der Waals surface area contributed by atoms with Gasteiger partial charge < -0.3 is 15.4 Å². The third-order valence-corrected chi connectivity index (χ3v) is 5.47. The highest BCUT2D eigenvalue weighted by atomic mass is 32.1. The molecule has 0 bridgehead atoms. The van der Waals surface area contributed by atoms with Gasteiger partial charge in [-0.1, -0.05) is 0 Å². The molecule has 7 nitrogen and oxygen atoms in total. The molecule has 3 heterocycles. The quantitative estimate of drug-likeness (QED) is 0.914. The highest BCUT2D eigenvalue weighted by Crippen LogP contribution is 2.31. The molecule has 0 aliphatic carbocycles. The highest BCUT2D eigenvalue weighted by molar-refractivity contribution is 7.18. The molecule has 1 saturated heterocycles. The number of piperazine rings is 1. The van der Waals surface area contributed by atoms with Gasteiger partial charge in [-0.25, -0.2) is 14.8 Å². The van der Waals surface area contributed by atoms with Crippen molar-refractivity contribution in [2.24, 2.45) is 0 Å². The number of rotatable bonds is 3. The maximum absolute atomic E-state index is 11.7. The second-order valence-electron chi connectivity index (χ2n) is 5.95. The van der Waals surface area contributed by atoms with Gasteiger partial charge in [-0.3, -0.25) is 4.90 Å². The summed E-state index contributed by atoms with van der Waals surface area (Å²) in [7, 11) is 0. The van der Waals surface area contributed by atoms with Crippen molar-refractivity contribution in [3.05, 3.63) is 16.3 Å². The Labute approximate surface area is 145 Å². The predicted octanol–water partition coefficient (Wildman–Crippen LogP) is 2.16. The molecule has 130 valence electrons. The average molecular weight is 349 g/mol. The van der Waals surface area contributed by atoms with Crippen LogP contribution in [0.4, 0.5) is 10.6 Å². The van der Waals surface area contributed by atoms with Crippen LogP contribution in [0.1, 0.15) is 23.2 Å². The number of carbonyl (C=O) groups is 1. The summed E-state index contributed by atoms with van der Waals surface area (Å²) in [5.41, 5.74) is 7.31. The Balaban J connectivity index is 1.67. The largest absolute Gasteiger partial charge is 0.450 e. The zero-order chi connectivity index (χ0) is 17.3. The number of aryl methyl sites for hydroxylation is 2. The minimum absolute atomic E-state index is 0.233. The molecule has 2 aromatic heterocycles. The molecular formula is C16H23N5O2S. The lowest BCUT2D eigenvalue weighted by Crippen LogP contribution is -2.48. The van der Waals surface area contributed by atoms with E-state index in [1.165, 1.54) is 10.4 Å². The van der Waals surface area contributed by atoms with E-state index in [1.54, 1.807) is 16.2 Å². The summed E-state index contributed by atoms with van der Waals surface area (Å²) in [6, 6.07) is 0. The lowest BCUT2D eigenvalue weighted by molar-refractivity contribution is 0.0772. The summed E-state index contributed by atoms with van der Waals surface area (Å²) in [5.74, 6) is 1.30. The van der Waals surface area contributed by atoms with Crippen molar-refractivity contribution in [3.8, 4) is 0 Å². The minimum Gasteiger partial charge on any atom is -0.450 e. The number of nitrogens with two attached hydrogens (primary N) is 1. The molecule has 0 saturated carbocycles. The molecule has 0 aromatic carbocycles. The SMILES string of the molecule is CCOC(=O)N1CCN(Cc2nc(N)c3c(C)c(C)sc3n2)CC1. The first-order valence-electron chi connectivity index (χ1n) is 8.15. The lowest BCUT2D eigenvalue weighted by Gasteiger charge is -2.33. The molecule has 1 aliphatic heterocycles. The first kappa shape index (κ1) is 16.9. The fraction of sp³-hybridized carbons (Fsp3) is 0.562. The summed E-state index contributed by atoms with van der Waals surface area (Å²) in [6.45, 7) is 9.89. The summed E-state index contributed by atoms with van der Waals surface area (Å²) < 4.78 is 5.04. The van der Waals surface area contributed by atoms with Gasteiger partial charge in [-0.15, -0.1) is 11.3 Å². The van der Waals surface area contributed by atoms with Crippen LogP contribution in [0.3, 0.4) is 0 Å². The van der Waals surface area contributed by atoms with Crippen LogP contribution in [0.25, 0.3) is 10.2 Å². The third kappa shape index (κ3) is 3.29. The Morgan fingerprint density at radius 3 is 2.62 bits per heavy atom. The molecule has 1 aliphatic rings. The normalized spacial score (nSPS) is 15.9. The summed E-state index contributed by atoms with van der Waals surface area (Å²) in [6.07, 6.45) is -0.233. The van der Waals surface area contributed by atoms with Crippen molar-refractivity contribution in [1.82, 2.24) is 19.8 Å². The molecular weight excluding hydrogens is 326 g/mol. The zero-order valence-corrected chi connectivity index (χ0v) is 15.2. The van der Waals surface area contributed by atoms with Gasteiger partial charge in [0.05, 0.1) is 18.5 Å². The number of fused-ring (bicyclic) bond motifs is 1. The molecule has 2 N–H and O–H groups in total. The Kier molecular flexibility index (Phi) is 4.86. The molecule has 1 fully saturated rings. The number of amides is 1. The van der Waals surface area contributed by atoms with Crippen molar-refractivity contribution >= 4 is 33.5 Å². The predicted molar refractivity (Wildman–Crippen MR) is 95.2 cm³/mol. The van der Waals surface area contributed by atoms with E-state index in [9.17, 15) is 4.79 Å². The molecule has 0 radical (unpaired) electrons. The van der Waals surface area contributed by atoms with Gasteiger partial charge >= 0.3 is 6.09 Å². The standard InChI is InChI=1S/C16H23N5O2S/c1-4-23-16(22)21-7-5-20(6-8-21)9-12-18-14(17)13-10(2)11(3)24-15(13)19-12/h4-9H2,1-3H3,(H2,17,18,19). The minimum atomic E-state index is -0.233. The van der Waals surface area contributed by atoms with Crippen molar-refractivity contribution in [1.29, 1.82) is 0 Å². The number of hydrogen-bond donors (Lipinski definition) is 1. The number of carbonyl (C=O) groups excluding carboxylic acids is 1. The van der Waals surface area contributed by atoms with Crippen LogP contribution in [-0.4, -0.2) is 58.6 Å². The van der Waals surface area contributed by atoms with E-state index >= 15 is 0 Å². The van der Waals surface area contributed by atoms with E-state index in [2.05, 4.69) is 28.7 Å². The number of nitrogens with zero attached hydrogens (tertiary/aromatic N) is 4. The Bertz CT molecular complexity index is 752. The van der Waals surface area contributed by atoms with E-state index in [0.29, 0.717) is 32.1 Å². The van der Waals surface area contributed by atoms with Crippen LogP contribution in [0.2, 0.25) is 0 Å². The highest BCUT2D eigenvalue weighted by Gasteiger charge is 2.23. The third-order valence-electron chi connectivity index (χ3n) is 4.37. The fourth-order valence-electron chi connectivity index (χ4n) is 2.90. The first-order chi connectivity index (χ1) is 11.5.